The molecule has 110 valence electrons. The predicted molar refractivity (Wildman–Crippen MR) is 80.7 cm³/mol. The zero-order valence-electron chi connectivity index (χ0n) is 12.3. The zero-order valence-corrected chi connectivity index (χ0v) is 12.3. The summed E-state index contributed by atoms with van der Waals surface area (Å²) >= 11 is 0. The van der Waals surface area contributed by atoms with Crippen LogP contribution in [-0.4, -0.2) is 27.9 Å². The van der Waals surface area contributed by atoms with E-state index in [-0.39, 0.29) is 17.9 Å². The first-order valence-electron chi connectivity index (χ1n) is 7.67. The van der Waals surface area contributed by atoms with Crippen molar-refractivity contribution in [2.75, 3.05) is 7.05 Å². The number of H-pyrrole nitrogens is 1. The van der Waals surface area contributed by atoms with E-state index in [9.17, 15) is 9.90 Å². The van der Waals surface area contributed by atoms with Crippen LogP contribution in [-0.2, 0) is 4.79 Å². The monoisotopic (exact) mass is 284 g/mol. The lowest BCUT2D eigenvalue weighted by Gasteiger charge is -2.49. The molecule has 2 aliphatic rings. The van der Waals surface area contributed by atoms with Crippen molar-refractivity contribution in [1.82, 2.24) is 9.88 Å². The molecule has 1 aromatic heterocycles. The minimum atomic E-state index is -0.564. The highest BCUT2D eigenvalue weighted by Gasteiger charge is 2.50. The van der Waals surface area contributed by atoms with Gasteiger partial charge in [-0.05, 0) is 12.0 Å². The Labute approximate surface area is 123 Å². The molecule has 2 heterocycles. The molecule has 0 saturated carbocycles. The maximum atomic E-state index is 12.3. The number of aromatic amines is 1. The summed E-state index contributed by atoms with van der Waals surface area (Å²) in [6, 6.07) is 8.20. The highest BCUT2D eigenvalue weighted by Crippen LogP contribution is 2.53. The third kappa shape index (κ3) is 1.57. The molecule has 1 aromatic carbocycles. The third-order valence-electron chi connectivity index (χ3n) is 5.42. The quantitative estimate of drug-likeness (QED) is 0.846. The second-order valence-electron chi connectivity index (χ2n) is 6.33. The average Bonchev–Trinajstić information content (AvgIpc) is 2.87. The van der Waals surface area contributed by atoms with Gasteiger partial charge < -0.3 is 15.0 Å². The van der Waals surface area contributed by atoms with Crippen molar-refractivity contribution in [1.29, 1.82) is 0 Å². The van der Waals surface area contributed by atoms with Crippen LogP contribution in [0, 0.1) is 11.8 Å². The molecule has 0 spiro atoms. The van der Waals surface area contributed by atoms with Gasteiger partial charge in [-0.3, -0.25) is 4.79 Å². The van der Waals surface area contributed by atoms with Crippen LogP contribution in [0.3, 0.4) is 0 Å². The summed E-state index contributed by atoms with van der Waals surface area (Å²) in [5.74, 6) is 0.503. The van der Waals surface area contributed by atoms with Gasteiger partial charge in [-0.1, -0.05) is 31.5 Å². The van der Waals surface area contributed by atoms with Crippen LogP contribution < -0.4 is 0 Å². The first kappa shape index (κ1) is 12.9. The van der Waals surface area contributed by atoms with Crippen molar-refractivity contribution < 1.29 is 9.90 Å². The van der Waals surface area contributed by atoms with Crippen LogP contribution in [0.25, 0.3) is 10.9 Å². The van der Waals surface area contributed by atoms with Crippen LogP contribution >= 0.6 is 0 Å². The van der Waals surface area contributed by atoms with Gasteiger partial charge in [0.15, 0.2) is 0 Å². The highest BCUT2D eigenvalue weighted by atomic mass is 16.3. The topological polar surface area (TPSA) is 56.3 Å². The lowest BCUT2D eigenvalue weighted by atomic mass is 9.67. The van der Waals surface area contributed by atoms with Gasteiger partial charge in [-0.2, -0.15) is 0 Å². The minimum absolute atomic E-state index is 0.0317. The Hall–Kier alpha value is -1.81. The third-order valence-corrected chi connectivity index (χ3v) is 5.42. The number of fused-ring (bicyclic) bond motifs is 6. The van der Waals surface area contributed by atoms with Crippen LogP contribution in [0.1, 0.15) is 43.2 Å². The van der Waals surface area contributed by atoms with Crippen molar-refractivity contribution in [3.8, 4) is 0 Å². The van der Waals surface area contributed by atoms with Gasteiger partial charge in [-0.25, -0.2) is 0 Å². The molecule has 2 aromatic rings. The van der Waals surface area contributed by atoms with E-state index < -0.39 is 6.10 Å². The van der Waals surface area contributed by atoms with Crippen molar-refractivity contribution in [2.45, 2.75) is 31.9 Å². The van der Waals surface area contributed by atoms with Gasteiger partial charge in [0.05, 0.1) is 17.8 Å². The Morgan fingerprint density at radius 2 is 2.14 bits per heavy atom. The van der Waals surface area contributed by atoms with Gasteiger partial charge in [0.2, 0.25) is 5.91 Å². The predicted octanol–water partition coefficient (Wildman–Crippen LogP) is 2.76. The summed E-state index contributed by atoms with van der Waals surface area (Å²) in [4.78, 5) is 17.6. The number of aliphatic hydroxyl groups excluding tert-OH is 1. The number of benzene rings is 1. The molecule has 2 N–H and O–H groups in total. The van der Waals surface area contributed by atoms with Gasteiger partial charge >= 0.3 is 0 Å². The molecule has 0 radical (unpaired) electrons. The van der Waals surface area contributed by atoms with Gasteiger partial charge in [0.1, 0.15) is 0 Å². The molecule has 1 saturated heterocycles. The Bertz CT molecular complexity index is 721. The standard InChI is InChI=1S/C17H20N2O2/c1-3-9-11-8-13(20)19(2)16(9)14-10-6-4-5-7-12(10)18-15(14)17(11)21/h4-7,9,11,16-18,21H,3,8H2,1-2H3/t9?,11-,16+,17-/m0/s1. The van der Waals surface area contributed by atoms with Crippen LogP contribution in [0.4, 0.5) is 0 Å². The summed E-state index contributed by atoms with van der Waals surface area (Å²) in [6.45, 7) is 2.15. The second-order valence-corrected chi connectivity index (χ2v) is 6.33. The summed E-state index contributed by atoms with van der Waals surface area (Å²) in [5.41, 5.74) is 3.08. The Morgan fingerprint density at radius 1 is 1.38 bits per heavy atom. The number of likely N-dealkylation sites (tertiary alicyclic amines) is 1. The normalized spacial score (nSPS) is 31.6. The lowest BCUT2D eigenvalue weighted by molar-refractivity contribution is -0.146. The van der Waals surface area contributed by atoms with Crippen molar-refractivity contribution in [2.24, 2.45) is 11.8 Å². The zero-order chi connectivity index (χ0) is 14.7. The van der Waals surface area contributed by atoms with E-state index in [2.05, 4.69) is 18.0 Å². The first-order chi connectivity index (χ1) is 10.1. The molecule has 4 atom stereocenters. The molecule has 1 aliphatic carbocycles. The van der Waals surface area contributed by atoms with Crippen molar-refractivity contribution in [3.63, 3.8) is 0 Å². The number of rotatable bonds is 1. The van der Waals surface area contributed by atoms with E-state index in [4.69, 9.17) is 0 Å². The average molecular weight is 284 g/mol. The van der Waals surface area contributed by atoms with E-state index in [1.165, 1.54) is 0 Å². The molecular formula is C17H20N2O2. The molecule has 4 heteroatoms. The summed E-state index contributed by atoms with van der Waals surface area (Å²) in [5, 5.41) is 11.9. The van der Waals surface area contributed by atoms with E-state index in [0.717, 1.165) is 28.6 Å². The number of nitrogens with zero attached hydrogens (tertiary/aromatic N) is 1. The number of amides is 1. The van der Waals surface area contributed by atoms with Crippen LogP contribution in [0.2, 0.25) is 0 Å². The number of aromatic nitrogens is 1. The molecule has 21 heavy (non-hydrogen) atoms. The van der Waals surface area contributed by atoms with Gasteiger partial charge in [-0.15, -0.1) is 0 Å². The minimum Gasteiger partial charge on any atom is -0.387 e. The van der Waals surface area contributed by atoms with Crippen LogP contribution in [0.15, 0.2) is 24.3 Å². The van der Waals surface area contributed by atoms with E-state index >= 15 is 0 Å². The van der Waals surface area contributed by atoms with Gasteiger partial charge in [0.25, 0.3) is 0 Å². The maximum Gasteiger partial charge on any atom is 0.223 e. The molecule has 4 nitrogen and oxygen atoms in total. The Balaban J connectivity index is 2.02. The van der Waals surface area contributed by atoms with E-state index in [1.54, 1.807) is 0 Å². The lowest BCUT2D eigenvalue weighted by Crippen LogP contribution is -2.49. The van der Waals surface area contributed by atoms with Crippen molar-refractivity contribution >= 4 is 16.8 Å². The fourth-order valence-electron chi connectivity index (χ4n) is 4.40. The number of carbonyl (C=O) groups excluding carboxylic acids is 1. The summed E-state index contributed by atoms with van der Waals surface area (Å²) in [7, 11) is 1.90. The van der Waals surface area contributed by atoms with E-state index in [1.807, 2.05) is 30.1 Å². The molecule has 1 fully saturated rings. The number of aliphatic hydroxyl groups is 1. The number of piperidine rings is 1. The van der Waals surface area contributed by atoms with Gasteiger partial charge in [0, 0.05) is 35.9 Å². The summed E-state index contributed by atoms with van der Waals surface area (Å²) in [6.07, 6.45) is 0.857. The molecule has 1 aliphatic heterocycles. The Morgan fingerprint density at radius 3 is 2.90 bits per heavy atom. The number of para-hydroxylation sites is 1. The number of hydrogen-bond acceptors (Lipinski definition) is 2. The van der Waals surface area contributed by atoms with Crippen LogP contribution in [0.5, 0.6) is 0 Å². The number of carbonyl (C=O) groups is 1. The van der Waals surface area contributed by atoms with E-state index in [0.29, 0.717) is 12.3 Å². The van der Waals surface area contributed by atoms with Crippen molar-refractivity contribution in [3.05, 3.63) is 35.5 Å². The second kappa shape index (κ2) is 4.34. The fourth-order valence-corrected chi connectivity index (χ4v) is 4.40. The maximum absolute atomic E-state index is 12.3. The number of nitrogens with one attached hydrogen (secondary N) is 1. The molecule has 1 amide bonds. The largest absolute Gasteiger partial charge is 0.387 e. The Kier molecular flexibility index (Phi) is 2.67. The summed E-state index contributed by atoms with van der Waals surface area (Å²) < 4.78 is 0. The highest BCUT2D eigenvalue weighted by molar-refractivity contribution is 5.88. The molecule has 4 rings (SSSR count). The molecule has 2 bridgehead atoms. The molecular weight excluding hydrogens is 264 g/mol. The fraction of sp³-hybridized carbons (Fsp3) is 0.471. The SMILES string of the molecule is CCC1[C@@H]2CC(=O)N(C)[C@H]1c1c([nH]c3ccccc13)[C@H]2O. The molecule has 1 unspecified atom stereocenters. The smallest absolute Gasteiger partial charge is 0.223 e. The first-order valence-corrected chi connectivity index (χ1v) is 7.67. The number of hydrogen-bond donors (Lipinski definition) is 2.